The molecule has 0 spiro atoms. The number of halogens is 2. The first-order chi connectivity index (χ1) is 14.0. The molecule has 1 aromatic heterocycles. The SMILES string of the molecule is COc1ccccc1OCc1nnc(SCC(=O)Nc2ccc(Cl)c(Cl)c2)n1C. The molecule has 0 saturated heterocycles. The predicted octanol–water partition coefficient (Wildman–Crippen LogP) is 4.44. The van der Waals surface area contributed by atoms with Gasteiger partial charge >= 0.3 is 0 Å². The zero-order valence-electron chi connectivity index (χ0n) is 15.7. The van der Waals surface area contributed by atoms with Gasteiger partial charge in [-0.15, -0.1) is 10.2 Å². The number of hydrogen-bond donors (Lipinski definition) is 1. The Bertz CT molecular complexity index is 1010. The number of carbonyl (C=O) groups is 1. The summed E-state index contributed by atoms with van der Waals surface area (Å²) in [4.78, 5) is 12.2. The highest BCUT2D eigenvalue weighted by Gasteiger charge is 2.13. The summed E-state index contributed by atoms with van der Waals surface area (Å²) in [7, 11) is 3.41. The third-order valence-corrected chi connectivity index (χ3v) is 5.65. The zero-order valence-corrected chi connectivity index (χ0v) is 18.0. The van der Waals surface area contributed by atoms with Crippen LogP contribution in [0.15, 0.2) is 47.6 Å². The molecule has 29 heavy (non-hydrogen) atoms. The first-order valence-corrected chi connectivity index (χ1v) is 10.2. The lowest BCUT2D eigenvalue weighted by Crippen LogP contribution is -2.14. The Balaban J connectivity index is 1.55. The van der Waals surface area contributed by atoms with Crippen LogP contribution in [0.2, 0.25) is 10.0 Å². The van der Waals surface area contributed by atoms with Crippen molar-refractivity contribution in [3.8, 4) is 11.5 Å². The number of aromatic nitrogens is 3. The molecule has 0 atom stereocenters. The van der Waals surface area contributed by atoms with Crippen LogP contribution in [0.5, 0.6) is 11.5 Å². The number of rotatable bonds is 8. The lowest BCUT2D eigenvalue weighted by molar-refractivity contribution is -0.113. The van der Waals surface area contributed by atoms with Gasteiger partial charge in [-0.1, -0.05) is 47.1 Å². The van der Waals surface area contributed by atoms with Crippen molar-refractivity contribution in [1.29, 1.82) is 0 Å². The van der Waals surface area contributed by atoms with Gasteiger partial charge in [0.25, 0.3) is 0 Å². The Kier molecular flexibility index (Phi) is 7.24. The molecule has 1 N–H and O–H groups in total. The summed E-state index contributed by atoms with van der Waals surface area (Å²) in [5, 5.41) is 12.4. The van der Waals surface area contributed by atoms with E-state index in [1.807, 2.05) is 31.3 Å². The van der Waals surface area contributed by atoms with E-state index in [1.165, 1.54) is 11.8 Å². The molecule has 1 amide bonds. The van der Waals surface area contributed by atoms with Crippen LogP contribution in [0.4, 0.5) is 5.69 Å². The first kappa shape index (κ1) is 21.3. The number of amides is 1. The van der Waals surface area contributed by atoms with Crippen LogP contribution >= 0.6 is 35.0 Å². The summed E-state index contributed by atoms with van der Waals surface area (Å²) in [6.45, 7) is 0.222. The van der Waals surface area contributed by atoms with E-state index >= 15 is 0 Å². The average Bonchev–Trinajstić information content (AvgIpc) is 3.07. The number of nitrogens with zero attached hydrogens (tertiary/aromatic N) is 3. The summed E-state index contributed by atoms with van der Waals surface area (Å²) < 4.78 is 12.8. The highest BCUT2D eigenvalue weighted by atomic mass is 35.5. The molecule has 0 bridgehead atoms. The Hall–Kier alpha value is -2.42. The number of thioether (sulfide) groups is 1. The lowest BCUT2D eigenvalue weighted by Gasteiger charge is -2.10. The number of anilines is 1. The summed E-state index contributed by atoms with van der Waals surface area (Å²) in [6, 6.07) is 12.3. The monoisotopic (exact) mass is 452 g/mol. The van der Waals surface area contributed by atoms with Gasteiger partial charge in [0.15, 0.2) is 22.5 Å². The van der Waals surface area contributed by atoms with Crippen LogP contribution in [0.25, 0.3) is 0 Å². The smallest absolute Gasteiger partial charge is 0.234 e. The van der Waals surface area contributed by atoms with Crippen molar-refractivity contribution in [2.24, 2.45) is 7.05 Å². The molecule has 0 saturated carbocycles. The number of para-hydroxylation sites is 2. The van der Waals surface area contributed by atoms with Gasteiger partial charge in [-0.3, -0.25) is 4.79 Å². The fourth-order valence-corrected chi connectivity index (χ4v) is 3.41. The number of methoxy groups -OCH3 is 1. The third kappa shape index (κ3) is 5.56. The van der Waals surface area contributed by atoms with Gasteiger partial charge in [0, 0.05) is 12.7 Å². The lowest BCUT2D eigenvalue weighted by atomic mass is 10.3. The molecule has 0 radical (unpaired) electrons. The standard InChI is InChI=1S/C19H18Cl2N4O3S/c1-25-17(10-28-16-6-4-3-5-15(16)27-2)23-24-19(25)29-11-18(26)22-12-7-8-13(20)14(21)9-12/h3-9H,10-11H2,1-2H3,(H,22,26). The van der Waals surface area contributed by atoms with Crippen molar-refractivity contribution >= 4 is 46.6 Å². The molecular formula is C19H18Cl2N4O3S. The normalized spacial score (nSPS) is 10.6. The van der Waals surface area contributed by atoms with Gasteiger partial charge < -0.3 is 19.4 Å². The van der Waals surface area contributed by atoms with Gasteiger partial charge in [-0.05, 0) is 30.3 Å². The largest absolute Gasteiger partial charge is 0.493 e. The summed E-state index contributed by atoms with van der Waals surface area (Å²) >= 11 is 13.1. The van der Waals surface area contributed by atoms with Gasteiger partial charge in [0.2, 0.25) is 5.91 Å². The second-order valence-electron chi connectivity index (χ2n) is 5.86. The predicted molar refractivity (Wildman–Crippen MR) is 114 cm³/mol. The number of nitrogens with one attached hydrogen (secondary N) is 1. The quantitative estimate of drug-likeness (QED) is 0.508. The molecule has 2 aromatic carbocycles. The van der Waals surface area contributed by atoms with Crippen LogP contribution < -0.4 is 14.8 Å². The molecule has 152 valence electrons. The molecule has 0 aliphatic rings. The van der Waals surface area contributed by atoms with Crippen molar-refractivity contribution in [1.82, 2.24) is 14.8 Å². The van der Waals surface area contributed by atoms with E-state index in [-0.39, 0.29) is 18.3 Å². The number of hydrogen-bond acceptors (Lipinski definition) is 6. The van der Waals surface area contributed by atoms with Crippen molar-refractivity contribution in [2.75, 3.05) is 18.2 Å². The maximum absolute atomic E-state index is 12.2. The van der Waals surface area contributed by atoms with Crippen LogP contribution in [0, 0.1) is 0 Å². The van der Waals surface area contributed by atoms with E-state index in [9.17, 15) is 4.79 Å². The van der Waals surface area contributed by atoms with Gasteiger partial charge in [0.05, 0.1) is 22.9 Å². The minimum Gasteiger partial charge on any atom is -0.493 e. The molecular weight excluding hydrogens is 435 g/mol. The topological polar surface area (TPSA) is 78.3 Å². The van der Waals surface area contributed by atoms with E-state index in [0.717, 1.165) is 0 Å². The van der Waals surface area contributed by atoms with Crippen molar-refractivity contribution in [3.05, 3.63) is 58.3 Å². The third-order valence-electron chi connectivity index (χ3n) is 3.89. The molecule has 0 unspecified atom stereocenters. The van der Waals surface area contributed by atoms with Crippen LogP contribution in [0.3, 0.4) is 0 Å². The summed E-state index contributed by atoms with van der Waals surface area (Å²) in [5.41, 5.74) is 0.578. The minimum absolute atomic E-state index is 0.166. The van der Waals surface area contributed by atoms with Crippen molar-refractivity contribution in [2.45, 2.75) is 11.8 Å². The maximum Gasteiger partial charge on any atom is 0.234 e. The van der Waals surface area contributed by atoms with Crippen LogP contribution in [-0.4, -0.2) is 33.5 Å². The highest BCUT2D eigenvalue weighted by Crippen LogP contribution is 2.27. The van der Waals surface area contributed by atoms with E-state index in [1.54, 1.807) is 29.9 Å². The summed E-state index contributed by atoms with van der Waals surface area (Å²) in [6.07, 6.45) is 0. The summed E-state index contributed by atoms with van der Waals surface area (Å²) in [5.74, 6) is 1.86. The Morgan fingerprint density at radius 2 is 1.90 bits per heavy atom. The molecule has 10 heteroatoms. The highest BCUT2D eigenvalue weighted by molar-refractivity contribution is 7.99. The zero-order chi connectivity index (χ0) is 20.8. The second kappa shape index (κ2) is 9.87. The Morgan fingerprint density at radius 1 is 1.14 bits per heavy atom. The van der Waals surface area contributed by atoms with E-state index < -0.39 is 0 Å². The van der Waals surface area contributed by atoms with Crippen LogP contribution in [0.1, 0.15) is 5.82 Å². The van der Waals surface area contributed by atoms with E-state index in [0.29, 0.717) is 38.2 Å². The molecule has 0 fully saturated rings. The molecule has 3 rings (SSSR count). The number of benzene rings is 2. The molecule has 1 heterocycles. The fourth-order valence-electron chi connectivity index (χ4n) is 2.38. The molecule has 7 nitrogen and oxygen atoms in total. The molecule has 0 aliphatic carbocycles. The minimum atomic E-state index is -0.191. The van der Waals surface area contributed by atoms with Crippen molar-refractivity contribution < 1.29 is 14.3 Å². The van der Waals surface area contributed by atoms with Crippen molar-refractivity contribution in [3.63, 3.8) is 0 Å². The van der Waals surface area contributed by atoms with Gasteiger partial charge in [-0.25, -0.2) is 0 Å². The Labute approximate surface area is 182 Å². The van der Waals surface area contributed by atoms with E-state index in [2.05, 4.69) is 15.5 Å². The fraction of sp³-hybridized carbons (Fsp3) is 0.211. The number of carbonyl (C=O) groups excluding carboxylic acids is 1. The van der Waals surface area contributed by atoms with E-state index in [4.69, 9.17) is 32.7 Å². The maximum atomic E-state index is 12.2. The van der Waals surface area contributed by atoms with Gasteiger partial charge in [-0.2, -0.15) is 0 Å². The molecule has 3 aromatic rings. The van der Waals surface area contributed by atoms with Gasteiger partial charge in [0.1, 0.15) is 6.61 Å². The van der Waals surface area contributed by atoms with Crippen LogP contribution in [-0.2, 0) is 18.4 Å². The number of ether oxygens (including phenoxy) is 2. The Morgan fingerprint density at radius 3 is 2.62 bits per heavy atom. The first-order valence-electron chi connectivity index (χ1n) is 8.49. The second-order valence-corrected chi connectivity index (χ2v) is 7.62. The average molecular weight is 453 g/mol. The molecule has 0 aliphatic heterocycles.